The predicted molar refractivity (Wildman–Crippen MR) is 114 cm³/mol. The van der Waals surface area contributed by atoms with Gasteiger partial charge in [0, 0.05) is 29.8 Å². The van der Waals surface area contributed by atoms with Gasteiger partial charge < -0.3 is 14.8 Å². The number of nitrogens with zero attached hydrogens (tertiary/aromatic N) is 1. The number of ether oxygens (including phenoxy) is 2. The van der Waals surface area contributed by atoms with Crippen LogP contribution in [0.1, 0.15) is 46.0 Å². The molecule has 1 aliphatic rings. The van der Waals surface area contributed by atoms with Crippen molar-refractivity contribution in [1.82, 2.24) is 15.8 Å². The second kappa shape index (κ2) is 13.6. The molecule has 2 atom stereocenters. The minimum Gasteiger partial charge on any atom is -0.356 e. The average molecular weight is 440 g/mol. The van der Waals surface area contributed by atoms with Gasteiger partial charge in [0.2, 0.25) is 5.91 Å². The van der Waals surface area contributed by atoms with Crippen LogP contribution in [0.2, 0.25) is 0 Å². The molecule has 0 aliphatic heterocycles. The lowest BCUT2D eigenvalue weighted by Crippen LogP contribution is -2.45. The molecule has 1 aromatic heterocycles. The summed E-state index contributed by atoms with van der Waals surface area (Å²) in [5, 5.41) is 11.6. The fourth-order valence-corrected chi connectivity index (χ4v) is 4.56. The number of thioether (sulfide) groups is 1. The van der Waals surface area contributed by atoms with Crippen molar-refractivity contribution in [1.29, 1.82) is 0 Å². The summed E-state index contributed by atoms with van der Waals surface area (Å²) >= 11 is 1.31. The van der Waals surface area contributed by atoms with Crippen LogP contribution in [-0.2, 0) is 19.1 Å². The SMILES string of the molecule is CCOCOC[C@H](C[C@H](Sc1ccncc1)C(=O)NO)NC(=O)C1CCC(C)CC1. The molecule has 1 fully saturated rings. The number of hydrogen-bond acceptors (Lipinski definition) is 7. The third kappa shape index (κ3) is 8.59. The predicted octanol–water partition coefficient (Wildman–Crippen LogP) is 2.76. The molecule has 1 aromatic rings. The fraction of sp³-hybridized carbons (Fsp3) is 0.667. The normalized spacial score (nSPS) is 20.9. The summed E-state index contributed by atoms with van der Waals surface area (Å²) < 4.78 is 10.8. The molecule has 9 heteroatoms. The third-order valence-corrected chi connectivity index (χ3v) is 6.49. The van der Waals surface area contributed by atoms with Gasteiger partial charge in [-0.3, -0.25) is 19.8 Å². The van der Waals surface area contributed by atoms with Crippen LogP contribution in [-0.4, -0.2) is 53.3 Å². The van der Waals surface area contributed by atoms with Crippen molar-refractivity contribution in [2.24, 2.45) is 11.8 Å². The maximum Gasteiger partial charge on any atom is 0.256 e. The first kappa shape index (κ1) is 24.6. The summed E-state index contributed by atoms with van der Waals surface area (Å²) in [6.45, 7) is 4.97. The van der Waals surface area contributed by atoms with E-state index in [-0.39, 0.29) is 31.3 Å². The minimum absolute atomic E-state index is 0.00368. The highest BCUT2D eigenvalue weighted by atomic mass is 32.2. The average Bonchev–Trinajstić information content (AvgIpc) is 2.76. The van der Waals surface area contributed by atoms with Crippen molar-refractivity contribution in [2.75, 3.05) is 20.0 Å². The van der Waals surface area contributed by atoms with E-state index in [0.29, 0.717) is 18.9 Å². The summed E-state index contributed by atoms with van der Waals surface area (Å²) in [5.74, 6) is 0.138. The molecule has 2 amide bonds. The lowest BCUT2D eigenvalue weighted by atomic mass is 9.82. The number of hydrogen-bond donors (Lipinski definition) is 3. The summed E-state index contributed by atoms with van der Waals surface area (Å²) in [5.41, 5.74) is 1.74. The number of hydroxylamine groups is 1. The van der Waals surface area contributed by atoms with Gasteiger partial charge in [0.25, 0.3) is 5.91 Å². The molecule has 1 heterocycles. The van der Waals surface area contributed by atoms with Crippen molar-refractivity contribution in [3.63, 3.8) is 0 Å². The Kier molecular flexibility index (Phi) is 11.1. The highest BCUT2D eigenvalue weighted by molar-refractivity contribution is 8.00. The summed E-state index contributed by atoms with van der Waals surface area (Å²) in [6, 6.07) is 3.21. The zero-order valence-electron chi connectivity index (χ0n) is 17.7. The molecule has 2 rings (SSSR count). The highest BCUT2D eigenvalue weighted by Crippen LogP contribution is 2.29. The maximum absolute atomic E-state index is 12.8. The number of rotatable bonds is 12. The largest absolute Gasteiger partial charge is 0.356 e. The van der Waals surface area contributed by atoms with Crippen LogP contribution < -0.4 is 10.8 Å². The number of carbonyl (C=O) groups excluding carboxylic acids is 2. The molecule has 30 heavy (non-hydrogen) atoms. The molecule has 0 bridgehead atoms. The van der Waals surface area contributed by atoms with E-state index in [0.717, 1.165) is 30.6 Å². The lowest BCUT2D eigenvalue weighted by molar-refractivity contribution is -0.131. The number of pyridine rings is 1. The van der Waals surface area contributed by atoms with Crippen LogP contribution in [0.5, 0.6) is 0 Å². The van der Waals surface area contributed by atoms with E-state index in [2.05, 4.69) is 17.2 Å². The van der Waals surface area contributed by atoms with E-state index in [4.69, 9.17) is 9.47 Å². The first-order valence-electron chi connectivity index (χ1n) is 10.5. The van der Waals surface area contributed by atoms with Gasteiger partial charge in [0.05, 0.1) is 17.9 Å². The van der Waals surface area contributed by atoms with E-state index in [9.17, 15) is 14.8 Å². The summed E-state index contributed by atoms with van der Waals surface area (Å²) in [7, 11) is 0. The van der Waals surface area contributed by atoms with Gasteiger partial charge in [-0.2, -0.15) is 0 Å². The maximum atomic E-state index is 12.8. The number of amides is 2. The van der Waals surface area contributed by atoms with Crippen LogP contribution in [0.25, 0.3) is 0 Å². The third-order valence-electron chi connectivity index (χ3n) is 5.25. The van der Waals surface area contributed by atoms with Gasteiger partial charge in [-0.05, 0) is 57.1 Å². The molecular formula is C21H33N3O5S. The number of nitrogens with one attached hydrogen (secondary N) is 2. The Morgan fingerprint density at radius 3 is 2.57 bits per heavy atom. The molecule has 168 valence electrons. The minimum atomic E-state index is -0.607. The van der Waals surface area contributed by atoms with E-state index in [1.807, 2.05) is 6.92 Å². The van der Waals surface area contributed by atoms with Crippen molar-refractivity contribution in [3.8, 4) is 0 Å². The van der Waals surface area contributed by atoms with Crippen LogP contribution in [0, 0.1) is 11.8 Å². The van der Waals surface area contributed by atoms with Gasteiger partial charge in [-0.1, -0.05) is 6.92 Å². The Morgan fingerprint density at radius 2 is 1.93 bits per heavy atom. The van der Waals surface area contributed by atoms with Crippen molar-refractivity contribution in [2.45, 2.75) is 62.1 Å². The molecule has 1 aliphatic carbocycles. The summed E-state index contributed by atoms with van der Waals surface area (Å²) in [6.07, 6.45) is 7.46. The molecule has 0 aromatic carbocycles. The second-order valence-corrected chi connectivity index (χ2v) is 8.92. The number of aromatic nitrogens is 1. The van der Waals surface area contributed by atoms with Crippen molar-refractivity contribution in [3.05, 3.63) is 24.5 Å². The molecule has 1 saturated carbocycles. The van der Waals surface area contributed by atoms with Gasteiger partial charge in [-0.25, -0.2) is 5.48 Å². The van der Waals surface area contributed by atoms with Crippen LogP contribution >= 0.6 is 11.8 Å². The molecular weight excluding hydrogens is 406 g/mol. The summed E-state index contributed by atoms with van der Waals surface area (Å²) in [4.78, 5) is 29.9. The van der Waals surface area contributed by atoms with E-state index in [1.165, 1.54) is 11.8 Å². The van der Waals surface area contributed by atoms with Crippen LogP contribution in [0.4, 0.5) is 0 Å². The van der Waals surface area contributed by atoms with Crippen molar-refractivity contribution < 1.29 is 24.3 Å². The van der Waals surface area contributed by atoms with Crippen molar-refractivity contribution >= 4 is 23.6 Å². The topological polar surface area (TPSA) is 110 Å². The molecule has 0 radical (unpaired) electrons. The van der Waals surface area contributed by atoms with Crippen LogP contribution in [0.3, 0.4) is 0 Å². The zero-order chi connectivity index (χ0) is 21.8. The molecule has 8 nitrogen and oxygen atoms in total. The Labute approximate surface area is 182 Å². The Balaban J connectivity index is 2.02. The Morgan fingerprint density at radius 1 is 1.23 bits per heavy atom. The van der Waals surface area contributed by atoms with E-state index >= 15 is 0 Å². The highest BCUT2D eigenvalue weighted by Gasteiger charge is 2.29. The van der Waals surface area contributed by atoms with Gasteiger partial charge in [0.15, 0.2) is 0 Å². The Bertz CT molecular complexity index is 641. The standard InChI is InChI=1S/C21H33N3O5S/c1-3-28-14-29-13-17(23-20(25)16-6-4-15(2)5-7-16)12-19(21(26)24-27)30-18-8-10-22-11-9-18/h8-11,15-17,19,27H,3-7,12-14H2,1-2H3,(H,23,25)(H,24,26)/t15?,16?,17-,19-/m0/s1. The molecule has 0 unspecified atom stereocenters. The quantitative estimate of drug-likeness (QED) is 0.151. The molecule has 3 N–H and O–H groups in total. The fourth-order valence-electron chi connectivity index (χ4n) is 3.46. The Hall–Kier alpha value is -1.68. The van der Waals surface area contributed by atoms with E-state index in [1.54, 1.807) is 30.0 Å². The number of carbonyl (C=O) groups is 2. The van der Waals surface area contributed by atoms with Gasteiger partial charge in [0.1, 0.15) is 6.79 Å². The first-order chi connectivity index (χ1) is 14.5. The first-order valence-corrected chi connectivity index (χ1v) is 11.4. The second-order valence-electron chi connectivity index (χ2n) is 7.64. The van der Waals surface area contributed by atoms with Gasteiger partial charge in [-0.15, -0.1) is 11.8 Å². The molecule has 0 spiro atoms. The smallest absolute Gasteiger partial charge is 0.256 e. The van der Waals surface area contributed by atoms with Crippen LogP contribution in [0.15, 0.2) is 29.4 Å². The van der Waals surface area contributed by atoms with Gasteiger partial charge >= 0.3 is 0 Å². The lowest BCUT2D eigenvalue weighted by Gasteiger charge is -2.28. The monoisotopic (exact) mass is 439 g/mol. The zero-order valence-corrected chi connectivity index (χ0v) is 18.5. The van der Waals surface area contributed by atoms with E-state index < -0.39 is 11.2 Å². The molecule has 0 saturated heterocycles.